The molecule has 160 valence electrons. The second-order valence-corrected chi connectivity index (χ2v) is 7.23. The summed E-state index contributed by atoms with van der Waals surface area (Å²) in [4.78, 5) is 23.1. The number of amides is 1. The normalized spacial score (nSPS) is 10.7. The van der Waals surface area contributed by atoms with Crippen molar-refractivity contribution in [2.45, 2.75) is 13.5 Å². The molecule has 1 heterocycles. The van der Waals surface area contributed by atoms with Gasteiger partial charge in [0.15, 0.2) is 0 Å². The predicted molar refractivity (Wildman–Crippen MR) is 119 cm³/mol. The number of carbonyl (C=O) groups is 1. The Bertz CT molecular complexity index is 1280. The number of phenolic OH excluding ortho intramolecular Hbond substituents is 2. The molecule has 0 fully saturated rings. The summed E-state index contributed by atoms with van der Waals surface area (Å²) < 4.78 is 15.1. The van der Waals surface area contributed by atoms with Gasteiger partial charge in [-0.25, -0.2) is 4.39 Å². The van der Waals surface area contributed by atoms with Crippen LogP contribution in [0.1, 0.15) is 21.6 Å². The molecule has 32 heavy (non-hydrogen) atoms. The third-order valence-corrected chi connectivity index (χ3v) is 5.04. The van der Waals surface area contributed by atoms with Crippen LogP contribution >= 0.6 is 0 Å². The molecule has 0 aliphatic carbocycles. The van der Waals surface area contributed by atoms with E-state index >= 15 is 4.39 Å². The van der Waals surface area contributed by atoms with Gasteiger partial charge in [0, 0.05) is 29.7 Å². The zero-order valence-corrected chi connectivity index (χ0v) is 17.2. The number of aromatic nitrogens is 2. The largest absolute Gasteiger partial charge is 0.508 e. The maximum absolute atomic E-state index is 15.1. The second kappa shape index (κ2) is 8.85. The van der Waals surface area contributed by atoms with Crippen LogP contribution in [0, 0.1) is 12.7 Å². The average molecular weight is 429 g/mol. The SMILES string of the molecule is Cc1nccnc1-c1ccc(N(Cc2ccccc2)C(=O)c2ccc(O)cc2O)cc1F. The van der Waals surface area contributed by atoms with Gasteiger partial charge in [0.25, 0.3) is 5.91 Å². The first kappa shape index (κ1) is 21.0. The molecule has 0 aliphatic heterocycles. The van der Waals surface area contributed by atoms with Crippen LogP contribution in [0.5, 0.6) is 11.5 Å². The molecule has 1 amide bonds. The second-order valence-electron chi connectivity index (χ2n) is 7.23. The summed E-state index contributed by atoms with van der Waals surface area (Å²) in [5, 5.41) is 19.8. The first-order valence-electron chi connectivity index (χ1n) is 9.89. The Kier molecular flexibility index (Phi) is 5.81. The summed E-state index contributed by atoms with van der Waals surface area (Å²) in [6.45, 7) is 1.90. The molecule has 4 rings (SSSR count). The van der Waals surface area contributed by atoms with E-state index in [-0.39, 0.29) is 29.2 Å². The minimum Gasteiger partial charge on any atom is -0.508 e. The number of nitrogens with zero attached hydrogens (tertiary/aromatic N) is 3. The van der Waals surface area contributed by atoms with E-state index in [0.717, 1.165) is 11.6 Å². The maximum atomic E-state index is 15.1. The Morgan fingerprint density at radius 1 is 0.969 bits per heavy atom. The van der Waals surface area contributed by atoms with Gasteiger partial charge < -0.3 is 15.1 Å². The molecule has 0 unspecified atom stereocenters. The van der Waals surface area contributed by atoms with E-state index in [2.05, 4.69) is 9.97 Å². The highest BCUT2D eigenvalue weighted by atomic mass is 19.1. The lowest BCUT2D eigenvalue weighted by Crippen LogP contribution is -2.30. The Morgan fingerprint density at radius 3 is 2.41 bits per heavy atom. The van der Waals surface area contributed by atoms with E-state index in [9.17, 15) is 15.0 Å². The number of phenols is 2. The number of carbonyl (C=O) groups excluding carboxylic acids is 1. The topological polar surface area (TPSA) is 86.6 Å². The van der Waals surface area contributed by atoms with Crippen molar-refractivity contribution in [3.8, 4) is 22.8 Å². The van der Waals surface area contributed by atoms with Crippen molar-refractivity contribution in [1.82, 2.24) is 9.97 Å². The summed E-state index contributed by atoms with van der Waals surface area (Å²) in [6.07, 6.45) is 3.03. The fourth-order valence-electron chi connectivity index (χ4n) is 3.43. The third-order valence-electron chi connectivity index (χ3n) is 5.04. The molecule has 0 spiro atoms. The zero-order valence-electron chi connectivity index (χ0n) is 17.2. The molecule has 0 radical (unpaired) electrons. The zero-order chi connectivity index (χ0) is 22.7. The van der Waals surface area contributed by atoms with Crippen LogP contribution in [0.4, 0.5) is 10.1 Å². The van der Waals surface area contributed by atoms with E-state index in [4.69, 9.17) is 0 Å². The molecule has 0 aliphatic rings. The van der Waals surface area contributed by atoms with Crippen molar-refractivity contribution >= 4 is 11.6 Å². The van der Waals surface area contributed by atoms with Gasteiger partial charge in [0.05, 0.1) is 23.5 Å². The van der Waals surface area contributed by atoms with E-state index in [1.807, 2.05) is 30.3 Å². The lowest BCUT2D eigenvalue weighted by Gasteiger charge is -2.24. The van der Waals surface area contributed by atoms with E-state index in [1.165, 1.54) is 35.5 Å². The van der Waals surface area contributed by atoms with Gasteiger partial charge in [-0.3, -0.25) is 14.8 Å². The molecule has 0 saturated heterocycles. The van der Waals surface area contributed by atoms with Crippen LogP contribution in [0.15, 0.2) is 79.1 Å². The Balaban J connectivity index is 1.77. The molecule has 0 saturated carbocycles. The summed E-state index contributed by atoms with van der Waals surface area (Å²) in [7, 11) is 0. The number of aromatic hydroxyl groups is 2. The Labute approximate surface area is 184 Å². The fraction of sp³-hybridized carbons (Fsp3) is 0.0800. The van der Waals surface area contributed by atoms with Crippen molar-refractivity contribution in [3.63, 3.8) is 0 Å². The molecule has 3 aromatic carbocycles. The standard InChI is InChI=1S/C25H20FN3O3/c1-16-24(28-12-11-27-16)20-9-7-18(13-22(20)26)29(15-17-5-3-2-4-6-17)25(32)21-10-8-19(30)14-23(21)31/h2-14,30-31H,15H2,1H3. The van der Waals surface area contributed by atoms with Crippen LogP contribution in [0.25, 0.3) is 11.3 Å². The highest BCUT2D eigenvalue weighted by molar-refractivity contribution is 6.08. The van der Waals surface area contributed by atoms with Gasteiger partial charge in [0.2, 0.25) is 0 Å². The average Bonchev–Trinajstić information content (AvgIpc) is 2.78. The van der Waals surface area contributed by atoms with Crippen LogP contribution in [-0.2, 0) is 6.54 Å². The van der Waals surface area contributed by atoms with Gasteiger partial charge in [0.1, 0.15) is 17.3 Å². The van der Waals surface area contributed by atoms with Crippen molar-refractivity contribution in [2.75, 3.05) is 4.90 Å². The Morgan fingerprint density at radius 2 is 1.72 bits per heavy atom. The van der Waals surface area contributed by atoms with Crippen molar-refractivity contribution < 1.29 is 19.4 Å². The van der Waals surface area contributed by atoms with E-state index in [1.54, 1.807) is 19.1 Å². The highest BCUT2D eigenvalue weighted by Crippen LogP contribution is 2.31. The van der Waals surface area contributed by atoms with Crippen LogP contribution < -0.4 is 4.90 Å². The van der Waals surface area contributed by atoms with Crippen LogP contribution in [0.2, 0.25) is 0 Å². The molecule has 6 nitrogen and oxygen atoms in total. The van der Waals surface area contributed by atoms with Crippen molar-refractivity contribution in [3.05, 3.63) is 102 Å². The quantitative estimate of drug-likeness (QED) is 0.474. The monoisotopic (exact) mass is 429 g/mol. The van der Waals surface area contributed by atoms with Crippen molar-refractivity contribution in [2.24, 2.45) is 0 Å². The van der Waals surface area contributed by atoms with Gasteiger partial charge in [-0.1, -0.05) is 30.3 Å². The number of rotatable bonds is 5. The lowest BCUT2D eigenvalue weighted by molar-refractivity contribution is 0.0982. The lowest BCUT2D eigenvalue weighted by atomic mass is 10.1. The molecular formula is C25H20FN3O3. The van der Waals surface area contributed by atoms with Crippen molar-refractivity contribution in [1.29, 1.82) is 0 Å². The van der Waals surface area contributed by atoms with Crippen LogP contribution in [-0.4, -0.2) is 26.1 Å². The summed E-state index contributed by atoms with van der Waals surface area (Å²) in [6, 6.07) is 17.4. The first-order valence-corrected chi connectivity index (χ1v) is 9.89. The predicted octanol–water partition coefficient (Wildman–Crippen LogP) is 4.85. The molecule has 1 aromatic heterocycles. The molecular weight excluding hydrogens is 409 g/mol. The molecule has 0 bridgehead atoms. The first-order chi connectivity index (χ1) is 15.4. The van der Waals surface area contributed by atoms with Gasteiger partial charge in [-0.15, -0.1) is 0 Å². The van der Waals surface area contributed by atoms with E-state index < -0.39 is 11.7 Å². The minimum absolute atomic E-state index is 0.00649. The number of anilines is 1. The summed E-state index contributed by atoms with van der Waals surface area (Å²) in [5.41, 5.74) is 2.42. The number of hydrogen-bond acceptors (Lipinski definition) is 5. The molecule has 4 aromatic rings. The summed E-state index contributed by atoms with van der Waals surface area (Å²) >= 11 is 0. The molecule has 0 atom stereocenters. The number of halogens is 1. The third kappa shape index (κ3) is 4.27. The number of aryl methyl sites for hydroxylation is 1. The fourth-order valence-corrected chi connectivity index (χ4v) is 3.43. The number of benzene rings is 3. The highest BCUT2D eigenvalue weighted by Gasteiger charge is 2.23. The maximum Gasteiger partial charge on any atom is 0.262 e. The number of hydrogen-bond donors (Lipinski definition) is 2. The minimum atomic E-state index is -0.549. The van der Waals surface area contributed by atoms with Gasteiger partial charge in [-0.05, 0) is 42.8 Å². The smallest absolute Gasteiger partial charge is 0.262 e. The summed E-state index contributed by atoms with van der Waals surface area (Å²) in [5.74, 6) is -1.61. The van der Waals surface area contributed by atoms with Crippen LogP contribution in [0.3, 0.4) is 0 Å². The van der Waals surface area contributed by atoms with E-state index in [0.29, 0.717) is 17.1 Å². The van der Waals surface area contributed by atoms with Gasteiger partial charge >= 0.3 is 0 Å². The molecule has 2 N–H and O–H groups in total. The Hall–Kier alpha value is -4.26. The van der Waals surface area contributed by atoms with Gasteiger partial charge in [-0.2, -0.15) is 0 Å². The molecule has 7 heteroatoms.